The van der Waals surface area contributed by atoms with Crippen molar-refractivity contribution in [3.8, 4) is 0 Å². The molecule has 1 heterocycles. The van der Waals surface area contributed by atoms with E-state index in [0.29, 0.717) is 20.3 Å². The molecule has 1 unspecified atom stereocenters. The third-order valence-corrected chi connectivity index (χ3v) is 5.40. The van der Waals surface area contributed by atoms with Crippen LogP contribution in [0.3, 0.4) is 0 Å². The summed E-state index contributed by atoms with van der Waals surface area (Å²) in [5.74, 6) is 0.849. The summed E-state index contributed by atoms with van der Waals surface area (Å²) in [5, 5.41) is 6.30. The molecule has 2 aliphatic rings. The number of aliphatic imine (C=N–C) groups is 1. The minimum atomic E-state index is 0.462. The summed E-state index contributed by atoms with van der Waals surface area (Å²) >= 11 is 19.8. The quantitative estimate of drug-likeness (QED) is 0.780. The monoisotopic (exact) mass is 320 g/mol. The highest BCUT2D eigenvalue weighted by molar-refractivity contribution is 8.15. The van der Waals surface area contributed by atoms with E-state index in [1.807, 2.05) is 0 Å². The standard InChI is InChI=1S/C12H11Cl3N2S/c13-7-3-9(15)10(4-8(7)14)17-12-16-5-11(18-12)6-1-2-6/h3-4,6,11H,1-2,5H2,(H,16,17). The van der Waals surface area contributed by atoms with Gasteiger partial charge in [0, 0.05) is 5.25 Å². The summed E-state index contributed by atoms with van der Waals surface area (Å²) in [6.07, 6.45) is 2.68. The molecular formula is C12H11Cl3N2S. The number of halogens is 3. The number of thioether (sulfide) groups is 1. The summed E-state index contributed by atoms with van der Waals surface area (Å²) in [6, 6.07) is 3.38. The van der Waals surface area contributed by atoms with Gasteiger partial charge in [0.2, 0.25) is 0 Å². The van der Waals surface area contributed by atoms with E-state index in [2.05, 4.69) is 10.3 Å². The third-order valence-electron chi connectivity index (χ3n) is 3.08. The number of hydrogen-bond donors (Lipinski definition) is 1. The molecule has 3 rings (SSSR count). The Balaban J connectivity index is 1.71. The van der Waals surface area contributed by atoms with Gasteiger partial charge in [-0.15, -0.1) is 0 Å². The second kappa shape index (κ2) is 5.12. The van der Waals surface area contributed by atoms with E-state index in [9.17, 15) is 0 Å². The van der Waals surface area contributed by atoms with Crippen LogP contribution in [0.1, 0.15) is 12.8 Å². The lowest BCUT2D eigenvalue weighted by molar-refractivity contribution is 0.773. The van der Waals surface area contributed by atoms with Crippen LogP contribution < -0.4 is 5.32 Å². The summed E-state index contributed by atoms with van der Waals surface area (Å²) in [6.45, 7) is 0.899. The van der Waals surface area contributed by atoms with E-state index in [4.69, 9.17) is 34.8 Å². The summed E-state index contributed by atoms with van der Waals surface area (Å²) < 4.78 is 0. The Morgan fingerprint density at radius 1 is 1.11 bits per heavy atom. The Kier molecular flexibility index (Phi) is 3.68. The first-order valence-electron chi connectivity index (χ1n) is 5.76. The van der Waals surface area contributed by atoms with Crippen LogP contribution in [0, 0.1) is 5.92 Å². The predicted molar refractivity (Wildman–Crippen MR) is 81.5 cm³/mol. The van der Waals surface area contributed by atoms with Crippen LogP contribution in [0.4, 0.5) is 5.69 Å². The van der Waals surface area contributed by atoms with Gasteiger partial charge in [0.15, 0.2) is 5.17 Å². The van der Waals surface area contributed by atoms with Gasteiger partial charge in [-0.05, 0) is 30.9 Å². The second-order valence-electron chi connectivity index (χ2n) is 4.51. The summed E-state index contributed by atoms with van der Waals surface area (Å²) in [7, 11) is 0. The highest BCUT2D eigenvalue weighted by atomic mass is 35.5. The normalized spacial score (nSPS) is 23.1. The highest BCUT2D eigenvalue weighted by Gasteiger charge is 2.35. The number of amidine groups is 1. The number of hydrogen-bond acceptors (Lipinski definition) is 3. The van der Waals surface area contributed by atoms with E-state index in [-0.39, 0.29) is 0 Å². The largest absolute Gasteiger partial charge is 0.334 e. The zero-order valence-corrected chi connectivity index (χ0v) is 12.5. The Bertz CT molecular complexity index is 514. The molecule has 2 nitrogen and oxygen atoms in total. The Hall–Kier alpha value is -0.0900. The van der Waals surface area contributed by atoms with Crippen LogP contribution in [-0.2, 0) is 0 Å². The third kappa shape index (κ3) is 2.74. The fourth-order valence-corrected chi connectivity index (χ4v) is 3.72. The minimum Gasteiger partial charge on any atom is -0.334 e. The molecule has 0 amide bonds. The molecule has 1 aliphatic carbocycles. The van der Waals surface area contributed by atoms with Gasteiger partial charge in [-0.3, -0.25) is 4.99 Å². The molecule has 1 aliphatic heterocycles. The molecule has 1 aromatic rings. The van der Waals surface area contributed by atoms with Crippen molar-refractivity contribution >= 4 is 57.4 Å². The zero-order valence-electron chi connectivity index (χ0n) is 9.42. The van der Waals surface area contributed by atoms with Gasteiger partial charge in [0.25, 0.3) is 0 Å². The molecule has 1 atom stereocenters. The van der Waals surface area contributed by atoms with Crippen LogP contribution in [0.25, 0.3) is 0 Å². The van der Waals surface area contributed by atoms with Gasteiger partial charge < -0.3 is 5.32 Å². The van der Waals surface area contributed by atoms with E-state index < -0.39 is 0 Å². The summed E-state index contributed by atoms with van der Waals surface area (Å²) in [5.41, 5.74) is 0.758. The fraction of sp³-hybridized carbons (Fsp3) is 0.417. The maximum Gasteiger partial charge on any atom is 0.161 e. The predicted octanol–water partition coefficient (Wildman–Crippen LogP) is 4.94. The second-order valence-corrected chi connectivity index (χ2v) is 6.96. The van der Waals surface area contributed by atoms with Crippen molar-refractivity contribution in [1.82, 2.24) is 0 Å². The van der Waals surface area contributed by atoms with E-state index >= 15 is 0 Å². The minimum absolute atomic E-state index is 0.462. The number of anilines is 1. The molecule has 0 aromatic heterocycles. The average molecular weight is 322 g/mol. The molecule has 18 heavy (non-hydrogen) atoms. The van der Waals surface area contributed by atoms with Gasteiger partial charge in [0.05, 0.1) is 27.3 Å². The van der Waals surface area contributed by atoms with E-state index in [0.717, 1.165) is 23.3 Å². The van der Waals surface area contributed by atoms with Crippen molar-refractivity contribution in [3.63, 3.8) is 0 Å². The molecule has 96 valence electrons. The van der Waals surface area contributed by atoms with Crippen LogP contribution in [0.5, 0.6) is 0 Å². The van der Waals surface area contributed by atoms with Gasteiger partial charge in [-0.2, -0.15) is 0 Å². The molecular weight excluding hydrogens is 311 g/mol. The molecule has 1 saturated carbocycles. The van der Waals surface area contributed by atoms with Gasteiger partial charge >= 0.3 is 0 Å². The Morgan fingerprint density at radius 3 is 2.56 bits per heavy atom. The van der Waals surface area contributed by atoms with Crippen LogP contribution >= 0.6 is 46.6 Å². The molecule has 6 heteroatoms. The van der Waals surface area contributed by atoms with Crippen molar-refractivity contribution < 1.29 is 0 Å². The lowest BCUT2D eigenvalue weighted by atomic mass is 10.3. The highest BCUT2D eigenvalue weighted by Crippen LogP contribution is 2.42. The number of nitrogens with zero attached hydrogens (tertiary/aromatic N) is 1. The van der Waals surface area contributed by atoms with Crippen LogP contribution in [-0.4, -0.2) is 17.0 Å². The Morgan fingerprint density at radius 2 is 1.83 bits per heavy atom. The molecule has 1 aromatic carbocycles. The maximum atomic E-state index is 6.12. The van der Waals surface area contributed by atoms with Crippen molar-refractivity contribution in [2.45, 2.75) is 18.1 Å². The van der Waals surface area contributed by atoms with Crippen molar-refractivity contribution in [2.75, 3.05) is 11.9 Å². The number of rotatable bonds is 2. The summed E-state index contributed by atoms with van der Waals surface area (Å²) in [4.78, 5) is 4.50. The fourth-order valence-electron chi connectivity index (χ4n) is 1.91. The lowest BCUT2D eigenvalue weighted by Crippen LogP contribution is -2.09. The van der Waals surface area contributed by atoms with Gasteiger partial charge in [-0.1, -0.05) is 46.6 Å². The topological polar surface area (TPSA) is 24.4 Å². The van der Waals surface area contributed by atoms with E-state index in [1.165, 1.54) is 12.8 Å². The van der Waals surface area contributed by atoms with Crippen molar-refractivity contribution in [1.29, 1.82) is 0 Å². The molecule has 1 fully saturated rings. The zero-order chi connectivity index (χ0) is 12.7. The first-order valence-corrected chi connectivity index (χ1v) is 7.77. The molecule has 0 saturated heterocycles. The van der Waals surface area contributed by atoms with Gasteiger partial charge in [0.1, 0.15) is 0 Å². The Labute approximate surface area is 125 Å². The van der Waals surface area contributed by atoms with Crippen molar-refractivity contribution in [3.05, 3.63) is 27.2 Å². The first kappa shape index (κ1) is 12.9. The van der Waals surface area contributed by atoms with E-state index in [1.54, 1.807) is 23.9 Å². The lowest BCUT2D eigenvalue weighted by Gasteiger charge is -2.10. The van der Waals surface area contributed by atoms with Crippen molar-refractivity contribution in [2.24, 2.45) is 10.9 Å². The SMILES string of the molecule is Clc1cc(Cl)c(NC2=NCC(C3CC3)S2)cc1Cl. The molecule has 0 spiro atoms. The number of benzene rings is 1. The maximum absolute atomic E-state index is 6.12. The average Bonchev–Trinajstić information content (AvgIpc) is 3.07. The smallest absolute Gasteiger partial charge is 0.161 e. The van der Waals surface area contributed by atoms with Gasteiger partial charge in [-0.25, -0.2) is 0 Å². The molecule has 1 N–H and O–H groups in total. The van der Waals surface area contributed by atoms with Crippen LogP contribution in [0.2, 0.25) is 15.1 Å². The number of nitrogens with one attached hydrogen (secondary N) is 1. The molecule has 0 bridgehead atoms. The van der Waals surface area contributed by atoms with Crippen LogP contribution in [0.15, 0.2) is 17.1 Å². The molecule has 0 radical (unpaired) electrons. The first-order chi connectivity index (χ1) is 8.63.